The first-order valence-corrected chi connectivity index (χ1v) is 9.58. The highest BCUT2D eigenvalue weighted by atomic mass is 32.2. The monoisotopic (exact) mass is 369 g/mol. The number of nitrogens with one attached hydrogen (secondary N) is 1. The second-order valence-corrected chi connectivity index (χ2v) is 7.94. The van der Waals surface area contributed by atoms with Crippen LogP contribution in [-0.4, -0.2) is 75.6 Å². The van der Waals surface area contributed by atoms with Gasteiger partial charge in [0.05, 0.1) is 24.1 Å². The van der Waals surface area contributed by atoms with Crippen LogP contribution in [0.25, 0.3) is 0 Å². The lowest BCUT2D eigenvalue weighted by atomic mass is 10.2. The Balaban J connectivity index is 1.94. The van der Waals surface area contributed by atoms with Crippen molar-refractivity contribution in [3.8, 4) is 0 Å². The summed E-state index contributed by atoms with van der Waals surface area (Å²) in [4.78, 5) is 25.8. The van der Waals surface area contributed by atoms with E-state index in [9.17, 15) is 18.0 Å². The van der Waals surface area contributed by atoms with Gasteiger partial charge in [-0.15, -0.1) is 0 Å². The number of ether oxygens (including phenoxy) is 1. The van der Waals surface area contributed by atoms with Crippen LogP contribution in [0, 0.1) is 0 Å². The molecule has 1 saturated heterocycles. The van der Waals surface area contributed by atoms with Crippen molar-refractivity contribution in [2.24, 2.45) is 0 Å². The number of piperazine rings is 1. The highest BCUT2D eigenvalue weighted by Gasteiger charge is 2.26. The number of anilines is 1. The van der Waals surface area contributed by atoms with Gasteiger partial charge in [-0.2, -0.15) is 4.31 Å². The molecule has 1 amide bonds. The summed E-state index contributed by atoms with van der Waals surface area (Å²) in [5.41, 5.74) is 0.525. The average molecular weight is 369 g/mol. The number of nitrogens with zero attached hydrogens (tertiary/aromatic N) is 2. The van der Waals surface area contributed by atoms with Crippen LogP contribution in [0.3, 0.4) is 0 Å². The van der Waals surface area contributed by atoms with Gasteiger partial charge in [-0.3, -0.25) is 4.79 Å². The van der Waals surface area contributed by atoms with Crippen molar-refractivity contribution in [2.75, 3.05) is 51.4 Å². The molecule has 1 aromatic rings. The summed E-state index contributed by atoms with van der Waals surface area (Å²) >= 11 is 0. The Morgan fingerprint density at radius 2 is 1.80 bits per heavy atom. The summed E-state index contributed by atoms with van der Waals surface area (Å²) in [6.07, 6.45) is -0.176. The van der Waals surface area contributed by atoms with Gasteiger partial charge in [0.25, 0.3) is 0 Å². The maximum atomic E-state index is 12.3. The van der Waals surface area contributed by atoms with Crippen molar-refractivity contribution < 1.29 is 22.7 Å². The number of amides is 1. The summed E-state index contributed by atoms with van der Waals surface area (Å²) in [6.45, 7) is 2.23. The second kappa shape index (κ2) is 8.41. The van der Waals surface area contributed by atoms with Crippen molar-refractivity contribution in [1.29, 1.82) is 0 Å². The molecule has 1 heterocycles. The van der Waals surface area contributed by atoms with E-state index < -0.39 is 21.9 Å². The Bertz CT molecular complexity index is 727. The lowest BCUT2D eigenvalue weighted by molar-refractivity contribution is -0.115. The average Bonchev–Trinajstić information content (AvgIpc) is 2.60. The molecule has 2 rings (SSSR count). The summed E-state index contributed by atoms with van der Waals surface area (Å²) in [7, 11) is -0.277. The minimum absolute atomic E-state index is 0.176. The normalized spacial score (nSPS) is 16.4. The number of hydrogen-bond donors (Lipinski definition) is 1. The predicted octanol–water partition coefficient (Wildman–Crippen LogP) is 0.379. The highest BCUT2D eigenvalue weighted by molar-refractivity contribution is 7.89. The van der Waals surface area contributed by atoms with E-state index in [-0.39, 0.29) is 17.7 Å². The minimum Gasteiger partial charge on any atom is -0.465 e. The van der Waals surface area contributed by atoms with Crippen molar-refractivity contribution in [1.82, 2.24) is 9.21 Å². The molecule has 25 heavy (non-hydrogen) atoms. The van der Waals surface area contributed by atoms with Crippen LogP contribution in [0.15, 0.2) is 24.3 Å². The number of esters is 1. The SMILES string of the molecule is COC(=O)c1ccccc1NC(=O)CCS(=O)(=O)N1CCN(C)CC1. The maximum Gasteiger partial charge on any atom is 0.339 e. The van der Waals surface area contributed by atoms with Crippen LogP contribution in [0.4, 0.5) is 5.69 Å². The quantitative estimate of drug-likeness (QED) is 0.728. The lowest BCUT2D eigenvalue weighted by Gasteiger charge is -2.31. The van der Waals surface area contributed by atoms with Crippen LogP contribution >= 0.6 is 0 Å². The third-order valence-corrected chi connectivity index (χ3v) is 5.92. The van der Waals surface area contributed by atoms with Gasteiger partial charge in [-0.1, -0.05) is 12.1 Å². The molecule has 138 valence electrons. The highest BCUT2D eigenvalue weighted by Crippen LogP contribution is 2.16. The molecule has 8 nitrogen and oxygen atoms in total. The van der Waals surface area contributed by atoms with Gasteiger partial charge < -0.3 is 15.0 Å². The molecule has 1 aliphatic rings. The standard InChI is InChI=1S/C16H23N3O5S/c1-18-8-10-19(11-9-18)25(22,23)12-7-15(20)17-14-6-4-3-5-13(14)16(21)24-2/h3-6H,7-12H2,1-2H3,(H,17,20). The van der Waals surface area contributed by atoms with Gasteiger partial charge in [-0.25, -0.2) is 13.2 Å². The first kappa shape index (κ1) is 19.4. The van der Waals surface area contributed by atoms with Crippen LogP contribution in [-0.2, 0) is 19.6 Å². The number of methoxy groups -OCH3 is 1. The Labute approximate surface area is 147 Å². The fourth-order valence-corrected chi connectivity index (χ4v) is 3.93. The minimum atomic E-state index is -3.47. The molecule has 0 aromatic heterocycles. The van der Waals surface area contributed by atoms with Gasteiger partial charge in [-0.05, 0) is 19.2 Å². The summed E-state index contributed by atoms with van der Waals surface area (Å²) in [6, 6.07) is 6.42. The molecule has 0 aliphatic carbocycles. The van der Waals surface area contributed by atoms with E-state index in [0.29, 0.717) is 31.9 Å². The predicted molar refractivity (Wildman–Crippen MR) is 93.9 cm³/mol. The Kier molecular flexibility index (Phi) is 6.51. The molecule has 0 unspecified atom stereocenters. The number of para-hydroxylation sites is 1. The smallest absolute Gasteiger partial charge is 0.339 e. The van der Waals surface area contributed by atoms with E-state index in [0.717, 1.165) is 0 Å². The van der Waals surface area contributed by atoms with Crippen molar-refractivity contribution in [2.45, 2.75) is 6.42 Å². The number of likely N-dealkylation sites (N-methyl/N-ethyl adjacent to an activating group) is 1. The van der Waals surface area contributed by atoms with Crippen molar-refractivity contribution >= 4 is 27.6 Å². The molecular weight excluding hydrogens is 346 g/mol. The van der Waals surface area contributed by atoms with Gasteiger partial charge >= 0.3 is 5.97 Å². The van der Waals surface area contributed by atoms with E-state index in [1.54, 1.807) is 18.2 Å². The maximum absolute atomic E-state index is 12.3. The van der Waals surface area contributed by atoms with Gasteiger partial charge in [0, 0.05) is 32.6 Å². The first-order chi connectivity index (χ1) is 11.8. The molecule has 0 saturated carbocycles. The fraction of sp³-hybridized carbons (Fsp3) is 0.500. The second-order valence-electron chi connectivity index (χ2n) is 5.85. The number of rotatable bonds is 6. The Hall–Kier alpha value is -1.97. The molecule has 0 radical (unpaired) electrons. The molecule has 1 aromatic carbocycles. The largest absolute Gasteiger partial charge is 0.465 e. The van der Waals surface area contributed by atoms with Crippen molar-refractivity contribution in [3.05, 3.63) is 29.8 Å². The van der Waals surface area contributed by atoms with E-state index >= 15 is 0 Å². The topological polar surface area (TPSA) is 96.0 Å². The van der Waals surface area contributed by atoms with Crippen LogP contribution in [0.1, 0.15) is 16.8 Å². The molecule has 0 spiro atoms. The third kappa shape index (κ3) is 5.25. The summed E-state index contributed by atoms with van der Waals surface area (Å²) in [5, 5.41) is 2.58. The Morgan fingerprint density at radius 1 is 1.16 bits per heavy atom. The molecule has 1 fully saturated rings. The van der Waals surface area contributed by atoms with E-state index in [4.69, 9.17) is 0 Å². The van der Waals surface area contributed by atoms with Crippen molar-refractivity contribution in [3.63, 3.8) is 0 Å². The number of sulfonamides is 1. The van der Waals surface area contributed by atoms with Gasteiger partial charge in [0.1, 0.15) is 0 Å². The van der Waals surface area contributed by atoms with E-state index in [1.807, 2.05) is 7.05 Å². The molecule has 0 bridgehead atoms. The van der Waals surface area contributed by atoms with E-state index in [1.165, 1.54) is 17.5 Å². The lowest BCUT2D eigenvalue weighted by Crippen LogP contribution is -2.48. The third-order valence-electron chi connectivity index (χ3n) is 4.05. The van der Waals surface area contributed by atoms with Gasteiger partial charge in [0.15, 0.2) is 0 Å². The molecular formula is C16H23N3O5S. The molecule has 1 N–H and O–H groups in total. The van der Waals surface area contributed by atoms with Crippen LogP contribution in [0.5, 0.6) is 0 Å². The number of carbonyl (C=O) groups excluding carboxylic acids is 2. The zero-order valence-electron chi connectivity index (χ0n) is 14.4. The van der Waals surface area contributed by atoms with Gasteiger partial charge in [0.2, 0.25) is 15.9 Å². The van der Waals surface area contributed by atoms with Crippen LogP contribution < -0.4 is 5.32 Å². The fourth-order valence-electron chi connectivity index (χ4n) is 2.51. The number of carbonyl (C=O) groups is 2. The van der Waals surface area contributed by atoms with E-state index in [2.05, 4.69) is 15.0 Å². The first-order valence-electron chi connectivity index (χ1n) is 7.97. The zero-order chi connectivity index (χ0) is 18.4. The zero-order valence-corrected chi connectivity index (χ0v) is 15.2. The number of benzene rings is 1. The van der Waals surface area contributed by atoms with Crippen LogP contribution in [0.2, 0.25) is 0 Å². The molecule has 9 heteroatoms. The molecule has 0 atom stereocenters. The summed E-state index contributed by atoms with van der Waals surface area (Å²) in [5.74, 6) is -1.29. The Morgan fingerprint density at radius 3 is 2.44 bits per heavy atom. The number of hydrogen-bond acceptors (Lipinski definition) is 6. The summed E-state index contributed by atoms with van der Waals surface area (Å²) < 4.78 is 30.7. The molecule has 1 aliphatic heterocycles.